The molecule has 0 amide bonds. The molecule has 6 nitrogen and oxygen atoms in total. The fraction of sp³-hybridized carbons (Fsp3) is 0.350. The van der Waals surface area contributed by atoms with Crippen LogP contribution in [0.1, 0.15) is 11.1 Å². The van der Waals surface area contributed by atoms with Gasteiger partial charge < -0.3 is 20.1 Å². The van der Waals surface area contributed by atoms with Crippen LogP contribution in [0.25, 0.3) is 0 Å². The number of benzene rings is 2. The molecule has 0 heterocycles. The maximum atomic E-state index is 12.2. The van der Waals surface area contributed by atoms with Crippen molar-refractivity contribution in [3.8, 4) is 11.5 Å². The van der Waals surface area contributed by atoms with Crippen LogP contribution in [0, 0.1) is 0 Å². The quantitative estimate of drug-likeness (QED) is 0.304. The molecule has 0 radical (unpaired) electrons. The van der Waals surface area contributed by atoms with E-state index in [1.165, 1.54) is 0 Å². The van der Waals surface area contributed by atoms with Gasteiger partial charge in [0.1, 0.15) is 11.5 Å². The number of rotatable bonds is 9. The standard InChI is InChI=1S/C20H27N3O3S.HI/c1-21-20(22-11-12-27(24)15-16-7-5-4-6-8-16)23-14-17-9-10-18(25-2)13-19(17)26-3;/h4-10,13H,11-12,14-15H2,1-3H3,(H2,21,22,23);1H. The molecule has 0 saturated heterocycles. The summed E-state index contributed by atoms with van der Waals surface area (Å²) in [7, 11) is 4.05. The molecule has 8 heteroatoms. The van der Waals surface area contributed by atoms with Crippen LogP contribution >= 0.6 is 24.0 Å². The summed E-state index contributed by atoms with van der Waals surface area (Å²) in [5.74, 6) is 3.28. The van der Waals surface area contributed by atoms with Gasteiger partial charge in [-0.1, -0.05) is 30.3 Å². The number of hydrogen-bond donors (Lipinski definition) is 2. The minimum absolute atomic E-state index is 0. The summed E-state index contributed by atoms with van der Waals surface area (Å²) in [5.41, 5.74) is 2.08. The van der Waals surface area contributed by atoms with Gasteiger partial charge in [0.05, 0.1) is 14.2 Å². The average Bonchev–Trinajstić information content (AvgIpc) is 2.71. The number of aliphatic imine (C=N–C) groups is 1. The zero-order valence-electron chi connectivity index (χ0n) is 16.4. The van der Waals surface area contributed by atoms with Gasteiger partial charge >= 0.3 is 0 Å². The van der Waals surface area contributed by atoms with Gasteiger partial charge in [-0.3, -0.25) is 9.20 Å². The van der Waals surface area contributed by atoms with Crippen LogP contribution in [0.2, 0.25) is 0 Å². The van der Waals surface area contributed by atoms with Crippen molar-refractivity contribution in [2.75, 3.05) is 33.6 Å². The lowest BCUT2D eigenvalue weighted by atomic mass is 10.2. The molecule has 2 aromatic rings. The van der Waals surface area contributed by atoms with Gasteiger partial charge in [-0.05, 0) is 17.7 Å². The van der Waals surface area contributed by atoms with E-state index in [-0.39, 0.29) is 24.0 Å². The highest BCUT2D eigenvalue weighted by Gasteiger charge is 2.07. The van der Waals surface area contributed by atoms with Gasteiger partial charge in [-0.2, -0.15) is 0 Å². The van der Waals surface area contributed by atoms with E-state index in [9.17, 15) is 4.21 Å². The van der Waals surface area contributed by atoms with E-state index in [2.05, 4.69) is 15.6 Å². The van der Waals surface area contributed by atoms with Gasteiger partial charge in [-0.25, -0.2) is 0 Å². The van der Waals surface area contributed by atoms with Gasteiger partial charge in [0.25, 0.3) is 0 Å². The van der Waals surface area contributed by atoms with Crippen molar-refractivity contribution < 1.29 is 13.7 Å². The van der Waals surface area contributed by atoms with Gasteiger partial charge in [0, 0.05) is 54.1 Å². The Hall–Kier alpha value is -1.81. The summed E-state index contributed by atoms with van der Waals surface area (Å²) in [6, 6.07) is 15.6. The second kappa shape index (κ2) is 13.4. The Kier molecular flexibility index (Phi) is 11.6. The maximum absolute atomic E-state index is 12.2. The lowest BCUT2D eigenvalue weighted by Crippen LogP contribution is -2.38. The number of hydrogen-bond acceptors (Lipinski definition) is 4. The van der Waals surface area contributed by atoms with E-state index in [4.69, 9.17) is 9.47 Å². The molecule has 1 unspecified atom stereocenters. The monoisotopic (exact) mass is 517 g/mol. The van der Waals surface area contributed by atoms with Crippen LogP contribution in [0.15, 0.2) is 53.5 Å². The molecule has 0 aliphatic heterocycles. The first kappa shape index (κ1) is 24.2. The molecule has 2 N–H and O–H groups in total. The highest BCUT2D eigenvalue weighted by molar-refractivity contribution is 14.0. The number of halogens is 1. The number of ether oxygens (including phenoxy) is 2. The SMILES string of the molecule is CN=C(NCCS(=O)Cc1ccccc1)NCc1ccc(OC)cc1OC.I. The highest BCUT2D eigenvalue weighted by Crippen LogP contribution is 2.24. The van der Waals surface area contributed by atoms with Gasteiger partial charge in [0.2, 0.25) is 0 Å². The fourth-order valence-electron chi connectivity index (χ4n) is 2.51. The molecule has 0 fully saturated rings. The summed E-state index contributed by atoms with van der Waals surface area (Å²) in [6.45, 7) is 1.14. The summed E-state index contributed by atoms with van der Waals surface area (Å²) < 4.78 is 22.8. The normalized spacial score (nSPS) is 11.9. The Morgan fingerprint density at radius 3 is 2.46 bits per heavy atom. The summed E-state index contributed by atoms with van der Waals surface area (Å²) >= 11 is 0. The van der Waals surface area contributed by atoms with Crippen molar-refractivity contribution in [1.82, 2.24) is 10.6 Å². The Labute approximate surface area is 186 Å². The van der Waals surface area contributed by atoms with Crippen LogP contribution in [0.4, 0.5) is 0 Å². The molecule has 0 bridgehead atoms. The van der Waals surface area contributed by atoms with E-state index >= 15 is 0 Å². The molecule has 28 heavy (non-hydrogen) atoms. The lowest BCUT2D eigenvalue weighted by molar-refractivity contribution is 0.390. The lowest BCUT2D eigenvalue weighted by Gasteiger charge is -2.14. The van der Waals surface area contributed by atoms with E-state index in [0.29, 0.717) is 30.6 Å². The zero-order valence-corrected chi connectivity index (χ0v) is 19.6. The number of methoxy groups -OCH3 is 2. The van der Waals surface area contributed by atoms with Gasteiger partial charge in [0.15, 0.2) is 5.96 Å². The average molecular weight is 517 g/mol. The molecule has 2 aromatic carbocycles. The van der Waals surface area contributed by atoms with Crippen LogP contribution < -0.4 is 20.1 Å². The molecule has 154 valence electrons. The third-order valence-corrected chi connectivity index (χ3v) is 5.27. The third-order valence-electron chi connectivity index (χ3n) is 3.96. The van der Waals surface area contributed by atoms with Crippen molar-refractivity contribution in [3.63, 3.8) is 0 Å². The van der Waals surface area contributed by atoms with Crippen molar-refractivity contribution in [3.05, 3.63) is 59.7 Å². The highest BCUT2D eigenvalue weighted by atomic mass is 127. The van der Waals surface area contributed by atoms with E-state index in [1.807, 2.05) is 48.5 Å². The first-order valence-corrected chi connectivity index (χ1v) is 10.2. The maximum Gasteiger partial charge on any atom is 0.191 e. The number of nitrogens with one attached hydrogen (secondary N) is 2. The zero-order chi connectivity index (χ0) is 19.5. The second-order valence-corrected chi connectivity index (χ2v) is 7.38. The van der Waals surface area contributed by atoms with Crippen LogP contribution in [0.5, 0.6) is 11.5 Å². The van der Waals surface area contributed by atoms with Crippen molar-refractivity contribution in [1.29, 1.82) is 0 Å². The van der Waals surface area contributed by atoms with E-state index in [0.717, 1.165) is 22.6 Å². The van der Waals surface area contributed by atoms with Crippen molar-refractivity contribution >= 4 is 40.7 Å². The summed E-state index contributed by atoms with van der Waals surface area (Å²) in [5, 5.41) is 6.44. The largest absolute Gasteiger partial charge is 0.497 e. The first-order valence-electron chi connectivity index (χ1n) is 8.70. The smallest absolute Gasteiger partial charge is 0.191 e. The predicted molar refractivity (Wildman–Crippen MR) is 126 cm³/mol. The molecule has 0 aliphatic carbocycles. The Morgan fingerprint density at radius 1 is 1.07 bits per heavy atom. The predicted octanol–water partition coefficient (Wildman–Crippen LogP) is 2.94. The third kappa shape index (κ3) is 8.05. The van der Waals surface area contributed by atoms with Gasteiger partial charge in [-0.15, -0.1) is 24.0 Å². The van der Waals surface area contributed by atoms with Crippen molar-refractivity contribution in [2.45, 2.75) is 12.3 Å². The fourth-order valence-corrected chi connectivity index (χ4v) is 3.55. The van der Waals surface area contributed by atoms with Crippen molar-refractivity contribution in [2.24, 2.45) is 4.99 Å². The Bertz CT molecular complexity index is 773. The molecule has 0 aromatic heterocycles. The number of guanidine groups is 1. The topological polar surface area (TPSA) is 72.0 Å². The van der Waals surface area contributed by atoms with Crippen LogP contribution in [-0.2, 0) is 23.1 Å². The molecular formula is C20H28IN3O3S. The first-order chi connectivity index (χ1) is 13.2. The summed E-state index contributed by atoms with van der Waals surface area (Å²) in [6.07, 6.45) is 0. The summed E-state index contributed by atoms with van der Waals surface area (Å²) in [4.78, 5) is 4.20. The van der Waals surface area contributed by atoms with Crippen LogP contribution in [0.3, 0.4) is 0 Å². The van der Waals surface area contributed by atoms with Crippen LogP contribution in [-0.4, -0.2) is 43.7 Å². The molecule has 1 atom stereocenters. The number of nitrogens with zero attached hydrogens (tertiary/aromatic N) is 1. The minimum atomic E-state index is -0.917. The minimum Gasteiger partial charge on any atom is -0.497 e. The molecule has 0 aliphatic rings. The molecule has 2 rings (SSSR count). The second-order valence-electron chi connectivity index (χ2n) is 5.80. The Morgan fingerprint density at radius 2 is 1.82 bits per heavy atom. The van der Waals surface area contributed by atoms with E-state index < -0.39 is 10.8 Å². The molecule has 0 spiro atoms. The Balaban J connectivity index is 0.00000392. The molecule has 0 saturated carbocycles. The van der Waals surface area contributed by atoms with E-state index in [1.54, 1.807) is 21.3 Å². The molecular weight excluding hydrogens is 489 g/mol.